The fourth-order valence-electron chi connectivity index (χ4n) is 8.39. The zero-order valence-electron chi connectivity index (χ0n) is 16.7. The van der Waals surface area contributed by atoms with E-state index in [1.54, 1.807) is 6.08 Å². The van der Waals surface area contributed by atoms with Gasteiger partial charge in [0, 0.05) is 11.5 Å². The van der Waals surface area contributed by atoms with Gasteiger partial charge < -0.3 is 14.9 Å². The van der Waals surface area contributed by atoms with Gasteiger partial charge in [-0.2, -0.15) is 0 Å². The summed E-state index contributed by atoms with van der Waals surface area (Å²) in [5, 5.41) is 22.3. The topological polar surface area (TPSA) is 66.8 Å². The minimum Gasteiger partial charge on any atom is -0.458 e. The Labute approximate surface area is 162 Å². The van der Waals surface area contributed by atoms with E-state index in [-0.39, 0.29) is 28.8 Å². The maximum absolute atomic E-state index is 12.1. The predicted octanol–water partition coefficient (Wildman–Crippen LogP) is 3.60. The van der Waals surface area contributed by atoms with E-state index >= 15 is 0 Å². The molecule has 5 aliphatic rings. The molecule has 4 aliphatic carbocycles. The number of fused-ring (bicyclic) bond motifs is 5. The van der Waals surface area contributed by atoms with E-state index in [1.165, 1.54) is 6.42 Å². The molecule has 0 radical (unpaired) electrons. The summed E-state index contributed by atoms with van der Waals surface area (Å²) in [5.74, 6) is 1.59. The second-order valence-electron chi connectivity index (χ2n) is 10.7. The molecule has 4 saturated carbocycles. The van der Waals surface area contributed by atoms with Crippen LogP contribution in [0.15, 0.2) is 11.6 Å². The predicted molar refractivity (Wildman–Crippen MR) is 102 cm³/mol. The summed E-state index contributed by atoms with van der Waals surface area (Å²) >= 11 is 0. The molecule has 0 bridgehead atoms. The first-order valence-electron chi connectivity index (χ1n) is 11.1. The number of carbonyl (C=O) groups is 1. The van der Waals surface area contributed by atoms with Gasteiger partial charge in [0.15, 0.2) is 0 Å². The van der Waals surface area contributed by atoms with Gasteiger partial charge in [-0.1, -0.05) is 13.8 Å². The lowest BCUT2D eigenvalue weighted by Crippen LogP contribution is -2.62. The lowest BCUT2D eigenvalue weighted by atomic mass is 9.43. The van der Waals surface area contributed by atoms with Gasteiger partial charge >= 0.3 is 5.97 Å². The molecule has 4 fully saturated rings. The molecular formula is C23H34O4. The van der Waals surface area contributed by atoms with Crippen LogP contribution in [0.25, 0.3) is 0 Å². The largest absolute Gasteiger partial charge is 0.458 e. The highest BCUT2D eigenvalue weighted by atomic mass is 16.5. The van der Waals surface area contributed by atoms with Gasteiger partial charge in [-0.25, -0.2) is 4.79 Å². The van der Waals surface area contributed by atoms with Crippen molar-refractivity contribution < 1.29 is 19.7 Å². The monoisotopic (exact) mass is 374 g/mol. The van der Waals surface area contributed by atoms with Crippen molar-refractivity contribution in [2.75, 3.05) is 6.61 Å². The van der Waals surface area contributed by atoms with Crippen LogP contribution < -0.4 is 0 Å². The first-order chi connectivity index (χ1) is 12.8. The molecule has 0 unspecified atom stereocenters. The molecule has 27 heavy (non-hydrogen) atoms. The molecule has 0 amide bonds. The lowest BCUT2D eigenvalue weighted by molar-refractivity contribution is -0.208. The Hall–Kier alpha value is -0.870. The Bertz CT molecular complexity index is 686. The third-order valence-electron chi connectivity index (χ3n) is 9.96. The minimum atomic E-state index is -0.628. The zero-order valence-corrected chi connectivity index (χ0v) is 16.7. The summed E-state index contributed by atoms with van der Waals surface area (Å²) in [6.45, 7) is 5.15. The molecule has 2 N–H and O–H groups in total. The molecule has 1 heterocycles. The quantitative estimate of drug-likeness (QED) is 0.688. The summed E-state index contributed by atoms with van der Waals surface area (Å²) in [7, 11) is 0. The Morgan fingerprint density at radius 3 is 2.59 bits per heavy atom. The molecule has 5 rings (SSSR count). The van der Waals surface area contributed by atoms with E-state index < -0.39 is 5.60 Å². The average molecular weight is 375 g/mol. The van der Waals surface area contributed by atoms with Crippen molar-refractivity contribution in [1.29, 1.82) is 0 Å². The third kappa shape index (κ3) is 2.32. The Morgan fingerprint density at radius 1 is 1.04 bits per heavy atom. The molecule has 8 atom stereocenters. The van der Waals surface area contributed by atoms with Gasteiger partial charge in [0.1, 0.15) is 6.61 Å². The maximum atomic E-state index is 12.1. The van der Waals surface area contributed by atoms with Crippen molar-refractivity contribution in [3.05, 3.63) is 11.6 Å². The highest BCUT2D eigenvalue weighted by molar-refractivity contribution is 5.85. The van der Waals surface area contributed by atoms with Gasteiger partial charge in [-0.05, 0) is 92.4 Å². The van der Waals surface area contributed by atoms with Gasteiger partial charge in [0.05, 0.1) is 11.7 Å². The van der Waals surface area contributed by atoms with Crippen LogP contribution in [0, 0.1) is 34.5 Å². The van der Waals surface area contributed by atoms with Crippen LogP contribution in [-0.4, -0.2) is 34.5 Å². The number of cyclic esters (lactones) is 1. The highest BCUT2D eigenvalue weighted by Gasteiger charge is 2.67. The first-order valence-corrected chi connectivity index (χ1v) is 11.1. The molecule has 4 heteroatoms. The highest BCUT2D eigenvalue weighted by Crippen LogP contribution is 2.69. The first kappa shape index (κ1) is 18.2. The standard InChI is InChI=1S/C23H34O4/c1-21-8-5-16(24)12-15(21)3-4-19-18(21)6-9-22(2)17(7-10-23(19,22)26)14-11-20(25)27-13-14/h11,15-19,24,26H,3-10,12-13H2,1-2H3/t15-,16-,17-,18+,19-,21-,22-,23-/m0/s1. The van der Waals surface area contributed by atoms with Gasteiger partial charge in [0.2, 0.25) is 0 Å². The smallest absolute Gasteiger partial charge is 0.331 e. The molecule has 0 spiro atoms. The van der Waals surface area contributed by atoms with Crippen molar-refractivity contribution in [2.45, 2.75) is 83.3 Å². The number of aliphatic hydroxyl groups is 2. The third-order valence-corrected chi connectivity index (χ3v) is 9.96. The molecule has 4 nitrogen and oxygen atoms in total. The number of carbonyl (C=O) groups excluding carboxylic acids is 1. The average Bonchev–Trinajstić information content (AvgIpc) is 3.16. The van der Waals surface area contributed by atoms with E-state index in [1.807, 2.05) is 0 Å². The van der Waals surface area contributed by atoms with Gasteiger partial charge in [-0.3, -0.25) is 0 Å². The maximum Gasteiger partial charge on any atom is 0.331 e. The van der Waals surface area contributed by atoms with E-state index in [2.05, 4.69) is 13.8 Å². The summed E-state index contributed by atoms with van der Waals surface area (Å²) in [6.07, 6.45) is 10.8. The van der Waals surface area contributed by atoms with Crippen LogP contribution in [0.1, 0.15) is 71.6 Å². The number of ether oxygens (including phenoxy) is 1. The number of rotatable bonds is 1. The molecule has 0 saturated heterocycles. The summed E-state index contributed by atoms with van der Waals surface area (Å²) in [4.78, 5) is 11.6. The zero-order chi connectivity index (χ0) is 19.0. The van der Waals surface area contributed by atoms with Crippen molar-refractivity contribution in [2.24, 2.45) is 34.5 Å². The second-order valence-corrected chi connectivity index (χ2v) is 10.7. The Morgan fingerprint density at radius 2 is 1.85 bits per heavy atom. The Kier molecular flexibility index (Phi) is 3.92. The summed E-state index contributed by atoms with van der Waals surface area (Å²) in [6, 6.07) is 0. The number of esters is 1. The number of hydrogen-bond donors (Lipinski definition) is 2. The molecular weight excluding hydrogens is 340 g/mol. The van der Waals surface area contributed by atoms with E-state index in [9.17, 15) is 15.0 Å². The summed E-state index contributed by atoms with van der Waals surface area (Å²) in [5.41, 5.74) is 0.600. The number of aliphatic hydroxyl groups excluding tert-OH is 1. The molecule has 0 aromatic heterocycles. The summed E-state index contributed by atoms with van der Waals surface area (Å²) < 4.78 is 5.20. The van der Waals surface area contributed by atoms with Crippen LogP contribution in [0.2, 0.25) is 0 Å². The van der Waals surface area contributed by atoms with Crippen molar-refractivity contribution in [1.82, 2.24) is 0 Å². The van der Waals surface area contributed by atoms with Crippen LogP contribution in [-0.2, 0) is 9.53 Å². The molecule has 150 valence electrons. The van der Waals surface area contributed by atoms with Crippen molar-refractivity contribution in [3.63, 3.8) is 0 Å². The molecule has 1 aliphatic heterocycles. The normalized spacial score (nSPS) is 54.6. The van der Waals surface area contributed by atoms with Gasteiger partial charge in [0.25, 0.3) is 0 Å². The van der Waals surface area contributed by atoms with Crippen LogP contribution in [0.3, 0.4) is 0 Å². The molecule has 0 aromatic carbocycles. The van der Waals surface area contributed by atoms with Crippen LogP contribution >= 0.6 is 0 Å². The van der Waals surface area contributed by atoms with Crippen LogP contribution in [0.5, 0.6) is 0 Å². The van der Waals surface area contributed by atoms with E-state index in [0.717, 1.165) is 56.9 Å². The SMILES string of the molecule is C[C@]12CC[C@H](O)C[C@@H]1CC[C@H]1[C@H]2CC[C@@]2(C)[C@H](C3=CC(=O)OC3)CC[C@]12O. The second kappa shape index (κ2) is 5.82. The lowest BCUT2D eigenvalue weighted by Gasteiger charge is -2.63. The Balaban J connectivity index is 1.47. The van der Waals surface area contributed by atoms with Crippen LogP contribution in [0.4, 0.5) is 0 Å². The van der Waals surface area contributed by atoms with Crippen molar-refractivity contribution in [3.8, 4) is 0 Å². The fraction of sp³-hybridized carbons (Fsp3) is 0.870. The van der Waals surface area contributed by atoms with E-state index in [0.29, 0.717) is 24.4 Å². The van der Waals surface area contributed by atoms with Gasteiger partial charge in [-0.15, -0.1) is 0 Å². The van der Waals surface area contributed by atoms with Crippen molar-refractivity contribution >= 4 is 5.97 Å². The number of hydrogen-bond acceptors (Lipinski definition) is 4. The van der Waals surface area contributed by atoms with E-state index in [4.69, 9.17) is 4.74 Å². The molecule has 0 aromatic rings. The minimum absolute atomic E-state index is 0.126. The fourth-order valence-corrected chi connectivity index (χ4v) is 8.39.